The normalized spacial score (nSPS) is 14.7. The molecule has 0 heterocycles. The van der Waals surface area contributed by atoms with Crippen LogP contribution in [0.25, 0.3) is 0 Å². The van der Waals surface area contributed by atoms with E-state index in [1.807, 2.05) is 0 Å². The van der Waals surface area contributed by atoms with Gasteiger partial charge in [0.25, 0.3) is 5.91 Å². The largest absolute Gasteiger partial charge is 0.480 e. The van der Waals surface area contributed by atoms with Gasteiger partial charge >= 0.3 is 23.2 Å². The minimum absolute atomic E-state index is 0.185. The van der Waals surface area contributed by atoms with Crippen molar-refractivity contribution in [2.75, 3.05) is 0 Å². The van der Waals surface area contributed by atoms with Gasteiger partial charge in [-0.15, -0.1) is 0 Å². The van der Waals surface area contributed by atoms with Gasteiger partial charge < -0.3 is 10.4 Å². The van der Waals surface area contributed by atoms with E-state index in [0.717, 1.165) is 5.32 Å². The molecule has 1 amide bonds. The van der Waals surface area contributed by atoms with Gasteiger partial charge in [-0.3, -0.25) is 4.79 Å². The SMILES string of the molecule is CCCC[C@H](NC(=O)C(F)(F)C(F)(F)C(F)(F)Cl)C(=O)O. The smallest absolute Gasteiger partial charge is 0.395 e. The number of carboxylic acid groups (broad SMARTS) is 1. The van der Waals surface area contributed by atoms with Gasteiger partial charge in [-0.2, -0.15) is 26.3 Å². The first kappa shape index (κ1) is 19.8. The number of carbonyl (C=O) groups excluding carboxylic acids is 1. The maximum atomic E-state index is 13.1. The molecule has 0 saturated carbocycles. The van der Waals surface area contributed by atoms with Crippen molar-refractivity contribution < 1.29 is 41.0 Å². The molecular formula is C10H12ClF6NO3. The third-order valence-electron chi connectivity index (χ3n) is 2.49. The van der Waals surface area contributed by atoms with E-state index in [9.17, 15) is 35.9 Å². The minimum atomic E-state index is -6.18. The molecule has 0 aromatic carbocycles. The molecule has 0 fully saturated rings. The summed E-state index contributed by atoms with van der Waals surface area (Å²) in [7, 11) is 0. The Morgan fingerprint density at radius 2 is 1.67 bits per heavy atom. The highest BCUT2D eigenvalue weighted by atomic mass is 35.5. The number of amides is 1. The maximum Gasteiger partial charge on any atom is 0.395 e. The van der Waals surface area contributed by atoms with Crippen molar-refractivity contribution >= 4 is 23.5 Å². The van der Waals surface area contributed by atoms with Crippen LogP contribution in [0, 0.1) is 0 Å². The number of nitrogens with one attached hydrogen (secondary N) is 1. The quantitative estimate of drug-likeness (QED) is 0.526. The highest BCUT2D eigenvalue weighted by Gasteiger charge is 2.74. The van der Waals surface area contributed by atoms with Crippen LogP contribution in [-0.2, 0) is 9.59 Å². The summed E-state index contributed by atoms with van der Waals surface area (Å²) in [5.74, 6) is -16.7. The number of unbranched alkanes of at least 4 members (excludes halogenated alkanes) is 1. The van der Waals surface area contributed by atoms with Crippen molar-refractivity contribution in [1.29, 1.82) is 0 Å². The first-order valence-corrected chi connectivity index (χ1v) is 6.03. The molecule has 0 aliphatic carbocycles. The summed E-state index contributed by atoms with van der Waals surface area (Å²) in [6, 6.07) is -1.90. The molecular weight excluding hydrogens is 332 g/mol. The molecule has 0 spiro atoms. The van der Waals surface area contributed by atoms with Gasteiger partial charge in [-0.25, -0.2) is 4.79 Å². The number of carbonyl (C=O) groups is 2. The summed E-state index contributed by atoms with van der Waals surface area (Å²) < 4.78 is 76.5. The fraction of sp³-hybridized carbons (Fsp3) is 0.800. The summed E-state index contributed by atoms with van der Waals surface area (Å²) >= 11 is 3.88. The Hall–Kier alpha value is -1.19. The predicted molar refractivity (Wildman–Crippen MR) is 59.8 cm³/mol. The topological polar surface area (TPSA) is 66.4 Å². The molecule has 124 valence electrons. The van der Waals surface area contributed by atoms with Crippen molar-refractivity contribution in [1.82, 2.24) is 5.32 Å². The number of rotatable bonds is 8. The molecule has 0 radical (unpaired) electrons. The van der Waals surface area contributed by atoms with E-state index in [0.29, 0.717) is 6.42 Å². The fourth-order valence-corrected chi connectivity index (χ4v) is 1.35. The summed E-state index contributed by atoms with van der Waals surface area (Å²) in [5, 5.41) is 4.08. The molecule has 0 bridgehead atoms. The zero-order valence-corrected chi connectivity index (χ0v) is 11.4. The lowest BCUT2D eigenvalue weighted by Gasteiger charge is -2.29. The molecule has 0 rings (SSSR count). The lowest BCUT2D eigenvalue weighted by molar-refractivity contribution is -0.269. The molecule has 0 aliphatic rings. The summed E-state index contributed by atoms with van der Waals surface area (Å²) in [4.78, 5) is 21.7. The fourth-order valence-electron chi connectivity index (χ4n) is 1.24. The zero-order chi connectivity index (χ0) is 17.1. The minimum Gasteiger partial charge on any atom is -0.480 e. The van der Waals surface area contributed by atoms with Gasteiger partial charge in [0.15, 0.2) is 0 Å². The number of carboxylic acids is 1. The number of hydrogen-bond acceptors (Lipinski definition) is 2. The van der Waals surface area contributed by atoms with Gasteiger partial charge in [0.2, 0.25) is 0 Å². The third kappa shape index (κ3) is 4.39. The first-order chi connectivity index (χ1) is 9.29. The molecule has 0 aromatic heterocycles. The van der Waals surface area contributed by atoms with Crippen LogP contribution in [0.15, 0.2) is 0 Å². The van der Waals surface area contributed by atoms with Crippen LogP contribution in [0.3, 0.4) is 0 Å². The molecule has 0 aliphatic heterocycles. The summed E-state index contributed by atoms with van der Waals surface area (Å²) in [6.45, 7) is 1.62. The number of halogens is 7. The molecule has 0 unspecified atom stereocenters. The van der Waals surface area contributed by atoms with E-state index in [2.05, 4.69) is 11.6 Å². The van der Waals surface area contributed by atoms with Gasteiger partial charge in [0, 0.05) is 0 Å². The van der Waals surface area contributed by atoms with Gasteiger partial charge in [0.1, 0.15) is 6.04 Å². The zero-order valence-electron chi connectivity index (χ0n) is 10.6. The lowest BCUT2D eigenvalue weighted by atomic mass is 10.1. The molecule has 2 N–H and O–H groups in total. The second kappa shape index (κ2) is 6.71. The van der Waals surface area contributed by atoms with Crippen LogP contribution in [0.4, 0.5) is 26.3 Å². The van der Waals surface area contributed by atoms with E-state index >= 15 is 0 Å². The molecule has 1 atom stereocenters. The van der Waals surface area contributed by atoms with Crippen molar-refractivity contribution in [3.8, 4) is 0 Å². The van der Waals surface area contributed by atoms with Gasteiger partial charge in [-0.05, 0) is 18.0 Å². The Balaban J connectivity index is 5.17. The first-order valence-electron chi connectivity index (χ1n) is 5.65. The van der Waals surface area contributed by atoms with Crippen LogP contribution < -0.4 is 5.32 Å². The lowest BCUT2D eigenvalue weighted by Crippen LogP contribution is -2.61. The molecule has 21 heavy (non-hydrogen) atoms. The van der Waals surface area contributed by atoms with Crippen LogP contribution >= 0.6 is 11.6 Å². The standard InChI is InChI=1S/C10H12ClF6NO3/c1-2-3-4-5(6(19)20)18-7(21)8(12,13)9(14,15)10(11,16)17/h5H,2-4H2,1H3,(H,18,21)(H,19,20)/t5-/m0/s1. The van der Waals surface area contributed by atoms with Gasteiger partial charge in [0.05, 0.1) is 0 Å². The molecule has 11 heteroatoms. The van der Waals surface area contributed by atoms with E-state index in [1.165, 1.54) is 0 Å². The Bertz CT molecular complexity index is 399. The molecule has 0 saturated heterocycles. The second-order valence-corrected chi connectivity index (χ2v) is 4.63. The summed E-state index contributed by atoms with van der Waals surface area (Å²) in [6.07, 6.45) is 0.299. The van der Waals surface area contributed by atoms with Crippen molar-refractivity contribution in [3.63, 3.8) is 0 Å². The van der Waals surface area contributed by atoms with Gasteiger partial charge in [-0.1, -0.05) is 19.8 Å². The average molecular weight is 344 g/mol. The number of hydrogen-bond donors (Lipinski definition) is 2. The highest BCUT2D eigenvalue weighted by Crippen LogP contribution is 2.47. The third-order valence-corrected chi connectivity index (χ3v) is 2.72. The van der Waals surface area contributed by atoms with E-state index in [4.69, 9.17) is 5.11 Å². The molecule has 4 nitrogen and oxygen atoms in total. The van der Waals surface area contributed by atoms with Crippen molar-refractivity contribution in [2.24, 2.45) is 0 Å². The Morgan fingerprint density at radius 3 is 2.00 bits per heavy atom. The monoisotopic (exact) mass is 343 g/mol. The van der Waals surface area contributed by atoms with Crippen LogP contribution in [0.2, 0.25) is 0 Å². The maximum absolute atomic E-state index is 13.1. The van der Waals surface area contributed by atoms with Crippen molar-refractivity contribution in [2.45, 2.75) is 49.5 Å². The van der Waals surface area contributed by atoms with Crippen LogP contribution in [0.5, 0.6) is 0 Å². The van der Waals surface area contributed by atoms with Crippen LogP contribution in [0.1, 0.15) is 26.2 Å². The number of alkyl halides is 7. The van der Waals surface area contributed by atoms with Crippen LogP contribution in [-0.4, -0.2) is 40.3 Å². The molecule has 0 aromatic rings. The number of aliphatic carboxylic acids is 1. The van der Waals surface area contributed by atoms with Crippen molar-refractivity contribution in [3.05, 3.63) is 0 Å². The van der Waals surface area contributed by atoms with E-state index in [-0.39, 0.29) is 12.8 Å². The predicted octanol–water partition coefficient (Wildman–Crippen LogP) is 2.85. The van der Waals surface area contributed by atoms with E-state index in [1.54, 1.807) is 6.92 Å². The highest BCUT2D eigenvalue weighted by molar-refractivity contribution is 6.22. The Kier molecular flexibility index (Phi) is 6.33. The van der Waals surface area contributed by atoms with E-state index < -0.39 is 35.1 Å². The second-order valence-electron chi connectivity index (χ2n) is 4.15. The Morgan fingerprint density at radius 1 is 1.19 bits per heavy atom. The average Bonchev–Trinajstić information content (AvgIpc) is 2.31. The summed E-state index contributed by atoms with van der Waals surface area (Å²) in [5.41, 5.74) is 0. The Labute approximate surface area is 120 Å².